The Kier molecular flexibility index (Phi) is 5.43. The van der Waals surface area contributed by atoms with Crippen LogP contribution in [0.2, 0.25) is 0 Å². The van der Waals surface area contributed by atoms with E-state index in [0.29, 0.717) is 12.5 Å². The third-order valence-electron chi connectivity index (χ3n) is 2.61. The number of nitrogens with one attached hydrogen (secondary N) is 1. The minimum atomic E-state index is -0.260. The van der Waals surface area contributed by atoms with Crippen LogP contribution in [-0.2, 0) is 0 Å². The van der Waals surface area contributed by atoms with Crippen LogP contribution in [0.5, 0.6) is 0 Å². The summed E-state index contributed by atoms with van der Waals surface area (Å²) in [7, 11) is 0. The Balaban J connectivity index is 2.33. The summed E-state index contributed by atoms with van der Waals surface area (Å²) in [4.78, 5) is 3.99. The molecular weight excluding hydrogens is 200 g/mol. The lowest BCUT2D eigenvalue weighted by Crippen LogP contribution is -2.29. The molecule has 2 N–H and O–H groups in total. The van der Waals surface area contributed by atoms with Gasteiger partial charge in [-0.15, -0.1) is 0 Å². The van der Waals surface area contributed by atoms with Gasteiger partial charge in [0.2, 0.25) is 0 Å². The van der Waals surface area contributed by atoms with Crippen LogP contribution in [0.15, 0.2) is 24.5 Å². The van der Waals surface area contributed by atoms with Gasteiger partial charge in [-0.1, -0.05) is 13.8 Å². The average molecular weight is 222 g/mol. The van der Waals surface area contributed by atoms with Gasteiger partial charge in [-0.3, -0.25) is 4.98 Å². The number of hydrogen-bond acceptors (Lipinski definition) is 3. The highest BCUT2D eigenvalue weighted by atomic mass is 16.3. The first-order valence-corrected chi connectivity index (χ1v) is 5.91. The zero-order valence-corrected chi connectivity index (χ0v) is 10.4. The van der Waals surface area contributed by atoms with E-state index in [9.17, 15) is 5.11 Å². The number of rotatable bonds is 6. The molecule has 16 heavy (non-hydrogen) atoms. The summed E-state index contributed by atoms with van der Waals surface area (Å²) in [6, 6.07) is 4.24. The Hall–Kier alpha value is -0.930. The molecule has 2 unspecified atom stereocenters. The Morgan fingerprint density at radius 1 is 1.25 bits per heavy atom. The van der Waals surface area contributed by atoms with Gasteiger partial charge in [-0.25, -0.2) is 0 Å². The molecule has 0 saturated heterocycles. The third kappa shape index (κ3) is 4.73. The summed E-state index contributed by atoms with van der Waals surface area (Å²) in [6.45, 7) is 6.98. The number of hydrogen-bond donors (Lipinski definition) is 2. The van der Waals surface area contributed by atoms with Crippen molar-refractivity contribution in [2.45, 2.75) is 39.3 Å². The predicted octanol–water partition coefficient (Wildman–Crippen LogP) is 2.14. The van der Waals surface area contributed by atoms with Gasteiger partial charge >= 0.3 is 0 Å². The lowest BCUT2D eigenvalue weighted by Gasteiger charge is -2.18. The summed E-state index contributed by atoms with van der Waals surface area (Å²) in [5.41, 5.74) is 1.20. The van der Waals surface area contributed by atoms with Gasteiger partial charge < -0.3 is 10.4 Å². The molecule has 1 heterocycles. The molecule has 0 aromatic carbocycles. The van der Waals surface area contributed by atoms with E-state index in [0.717, 1.165) is 6.42 Å². The first-order valence-electron chi connectivity index (χ1n) is 5.91. The van der Waals surface area contributed by atoms with Gasteiger partial charge in [0.1, 0.15) is 0 Å². The van der Waals surface area contributed by atoms with Crippen molar-refractivity contribution in [3.63, 3.8) is 0 Å². The van der Waals surface area contributed by atoms with Crippen LogP contribution in [0, 0.1) is 5.92 Å². The number of aromatic nitrogens is 1. The first kappa shape index (κ1) is 13.1. The average Bonchev–Trinajstić information content (AvgIpc) is 2.26. The molecule has 0 bridgehead atoms. The van der Waals surface area contributed by atoms with Crippen molar-refractivity contribution >= 4 is 0 Å². The van der Waals surface area contributed by atoms with Crippen molar-refractivity contribution < 1.29 is 5.11 Å². The van der Waals surface area contributed by atoms with Crippen LogP contribution in [0.25, 0.3) is 0 Å². The van der Waals surface area contributed by atoms with Gasteiger partial charge in [0.25, 0.3) is 0 Å². The van der Waals surface area contributed by atoms with Crippen molar-refractivity contribution in [1.82, 2.24) is 10.3 Å². The fraction of sp³-hybridized carbons (Fsp3) is 0.615. The quantitative estimate of drug-likeness (QED) is 0.775. The van der Waals surface area contributed by atoms with Crippen molar-refractivity contribution in [2.24, 2.45) is 5.92 Å². The third-order valence-corrected chi connectivity index (χ3v) is 2.61. The second-order valence-electron chi connectivity index (χ2n) is 4.69. The molecule has 0 fully saturated rings. The molecule has 0 saturated carbocycles. The molecule has 3 nitrogen and oxygen atoms in total. The van der Waals surface area contributed by atoms with Gasteiger partial charge in [0.05, 0.1) is 6.10 Å². The Bertz CT molecular complexity index is 287. The molecule has 1 rings (SSSR count). The minimum Gasteiger partial charge on any atom is -0.392 e. The van der Waals surface area contributed by atoms with Crippen molar-refractivity contribution in [2.75, 3.05) is 6.54 Å². The van der Waals surface area contributed by atoms with Gasteiger partial charge in [-0.05, 0) is 37.0 Å². The van der Waals surface area contributed by atoms with Crippen molar-refractivity contribution in [3.8, 4) is 0 Å². The highest BCUT2D eigenvalue weighted by Gasteiger charge is 2.09. The van der Waals surface area contributed by atoms with Gasteiger partial charge in [-0.2, -0.15) is 0 Å². The zero-order valence-electron chi connectivity index (χ0n) is 10.4. The monoisotopic (exact) mass is 222 g/mol. The van der Waals surface area contributed by atoms with Crippen LogP contribution in [-0.4, -0.2) is 22.7 Å². The molecular formula is C13H22N2O. The van der Waals surface area contributed by atoms with Gasteiger partial charge in [0, 0.05) is 25.0 Å². The Morgan fingerprint density at radius 3 is 2.44 bits per heavy atom. The second kappa shape index (κ2) is 6.61. The molecule has 1 aromatic rings. The van der Waals surface area contributed by atoms with Crippen LogP contribution in [0.3, 0.4) is 0 Å². The van der Waals surface area contributed by atoms with Crippen LogP contribution >= 0.6 is 0 Å². The first-order chi connectivity index (χ1) is 7.59. The van der Waals surface area contributed by atoms with E-state index in [2.05, 4.69) is 31.1 Å². The summed E-state index contributed by atoms with van der Waals surface area (Å²) < 4.78 is 0. The SMILES string of the molecule is CC(C)CC(O)CNC(C)c1ccncc1. The van der Waals surface area contributed by atoms with Crippen LogP contribution in [0.1, 0.15) is 38.8 Å². The highest BCUT2D eigenvalue weighted by Crippen LogP contribution is 2.11. The lowest BCUT2D eigenvalue weighted by atomic mass is 10.1. The Morgan fingerprint density at radius 2 is 1.88 bits per heavy atom. The number of aliphatic hydroxyl groups excluding tert-OH is 1. The molecule has 0 aliphatic heterocycles. The fourth-order valence-electron chi connectivity index (χ4n) is 1.71. The Labute approximate surface area is 97.9 Å². The van der Waals surface area contributed by atoms with Crippen molar-refractivity contribution in [3.05, 3.63) is 30.1 Å². The number of aliphatic hydroxyl groups is 1. The van der Waals surface area contributed by atoms with E-state index in [-0.39, 0.29) is 12.1 Å². The minimum absolute atomic E-state index is 0.254. The van der Waals surface area contributed by atoms with E-state index in [1.807, 2.05) is 12.1 Å². The standard InChI is InChI=1S/C13H22N2O/c1-10(2)8-13(16)9-15-11(3)12-4-6-14-7-5-12/h4-7,10-11,13,15-16H,8-9H2,1-3H3. The van der Waals surface area contributed by atoms with E-state index in [4.69, 9.17) is 0 Å². The largest absolute Gasteiger partial charge is 0.392 e. The summed E-state index contributed by atoms with van der Waals surface area (Å²) in [5.74, 6) is 0.535. The molecule has 0 amide bonds. The molecule has 0 aliphatic carbocycles. The maximum atomic E-state index is 9.74. The van der Waals surface area contributed by atoms with Crippen LogP contribution in [0.4, 0.5) is 0 Å². The molecule has 3 heteroatoms. The number of pyridine rings is 1. The number of nitrogens with zero attached hydrogens (tertiary/aromatic N) is 1. The molecule has 90 valence electrons. The summed E-state index contributed by atoms with van der Waals surface area (Å²) in [6.07, 6.45) is 4.16. The van der Waals surface area contributed by atoms with E-state index in [1.165, 1.54) is 5.56 Å². The maximum Gasteiger partial charge on any atom is 0.0667 e. The molecule has 2 atom stereocenters. The maximum absolute atomic E-state index is 9.74. The smallest absolute Gasteiger partial charge is 0.0667 e. The molecule has 0 aliphatic rings. The normalized spacial score (nSPS) is 15.1. The topological polar surface area (TPSA) is 45.1 Å². The van der Waals surface area contributed by atoms with Crippen LogP contribution < -0.4 is 5.32 Å². The summed E-state index contributed by atoms with van der Waals surface area (Å²) in [5, 5.41) is 13.1. The van der Waals surface area contributed by atoms with E-state index in [1.54, 1.807) is 12.4 Å². The van der Waals surface area contributed by atoms with Crippen molar-refractivity contribution in [1.29, 1.82) is 0 Å². The van der Waals surface area contributed by atoms with E-state index >= 15 is 0 Å². The second-order valence-corrected chi connectivity index (χ2v) is 4.69. The lowest BCUT2D eigenvalue weighted by molar-refractivity contribution is 0.143. The fourth-order valence-corrected chi connectivity index (χ4v) is 1.71. The molecule has 0 spiro atoms. The highest BCUT2D eigenvalue weighted by molar-refractivity contribution is 5.13. The van der Waals surface area contributed by atoms with E-state index < -0.39 is 0 Å². The predicted molar refractivity (Wildman–Crippen MR) is 66.1 cm³/mol. The zero-order chi connectivity index (χ0) is 12.0. The summed E-state index contributed by atoms with van der Waals surface area (Å²) >= 11 is 0. The van der Waals surface area contributed by atoms with Gasteiger partial charge in [0.15, 0.2) is 0 Å². The molecule has 1 aromatic heterocycles. The molecule has 0 radical (unpaired) electrons.